The van der Waals surface area contributed by atoms with Gasteiger partial charge in [0.2, 0.25) is 0 Å². The third-order valence-corrected chi connectivity index (χ3v) is 2.35. The topological polar surface area (TPSA) is 42.0 Å². The summed E-state index contributed by atoms with van der Waals surface area (Å²) in [4.78, 5) is 15.8. The number of pyridine rings is 1. The molecule has 1 saturated heterocycles. The van der Waals surface area contributed by atoms with Crippen molar-refractivity contribution < 1.29 is 4.79 Å². The molecule has 3 heteroatoms. The second-order valence-electron chi connectivity index (χ2n) is 3.27. The molecule has 0 spiro atoms. The van der Waals surface area contributed by atoms with Crippen LogP contribution in [0.5, 0.6) is 0 Å². The minimum Gasteiger partial charge on any atom is -0.316 e. The summed E-state index contributed by atoms with van der Waals surface area (Å²) in [5, 5.41) is 3.17. The molecule has 1 aliphatic heterocycles. The van der Waals surface area contributed by atoms with Crippen LogP contribution in [0.25, 0.3) is 0 Å². The maximum Gasteiger partial charge on any atom is 0.185 e. The van der Waals surface area contributed by atoms with E-state index in [1.165, 1.54) is 0 Å². The van der Waals surface area contributed by atoms with E-state index in [0.717, 1.165) is 19.5 Å². The predicted octanol–water partition coefficient (Wildman–Crippen LogP) is 0.874. The van der Waals surface area contributed by atoms with E-state index >= 15 is 0 Å². The van der Waals surface area contributed by atoms with Crippen LogP contribution in [-0.4, -0.2) is 23.9 Å². The van der Waals surface area contributed by atoms with Gasteiger partial charge in [-0.05, 0) is 25.1 Å². The van der Waals surface area contributed by atoms with Gasteiger partial charge in [-0.25, -0.2) is 0 Å². The molecule has 1 fully saturated rings. The average molecular weight is 176 g/mol. The summed E-state index contributed by atoms with van der Waals surface area (Å²) in [6.45, 7) is 1.75. The Hall–Kier alpha value is -1.22. The molecule has 0 aliphatic carbocycles. The molecule has 13 heavy (non-hydrogen) atoms. The second kappa shape index (κ2) is 3.66. The van der Waals surface area contributed by atoms with E-state index in [9.17, 15) is 4.79 Å². The smallest absolute Gasteiger partial charge is 0.185 e. The number of Topliss-reactive ketones (excluding diaryl/α,β-unsaturated/α-hetero) is 1. The number of ketones is 1. The fourth-order valence-electron chi connectivity index (χ4n) is 1.60. The SMILES string of the molecule is O=C(c1ccccn1)C1CCNC1. The molecule has 0 aromatic carbocycles. The molecule has 1 aromatic rings. The van der Waals surface area contributed by atoms with E-state index < -0.39 is 0 Å². The van der Waals surface area contributed by atoms with Crippen molar-refractivity contribution in [3.8, 4) is 0 Å². The minimum atomic E-state index is 0.134. The molecule has 1 unspecified atom stereocenters. The van der Waals surface area contributed by atoms with Gasteiger partial charge in [-0.3, -0.25) is 9.78 Å². The van der Waals surface area contributed by atoms with Crippen molar-refractivity contribution in [2.75, 3.05) is 13.1 Å². The molecule has 1 atom stereocenters. The summed E-state index contributed by atoms with van der Waals surface area (Å²) >= 11 is 0. The first kappa shape index (κ1) is 8.38. The zero-order valence-corrected chi connectivity index (χ0v) is 7.36. The second-order valence-corrected chi connectivity index (χ2v) is 3.27. The Bertz CT molecular complexity index is 291. The number of nitrogens with one attached hydrogen (secondary N) is 1. The van der Waals surface area contributed by atoms with Gasteiger partial charge < -0.3 is 5.32 Å². The van der Waals surface area contributed by atoms with Gasteiger partial charge in [-0.15, -0.1) is 0 Å². The standard InChI is InChI=1S/C10H12N2O/c13-10(8-4-6-11-7-8)9-3-1-2-5-12-9/h1-3,5,8,11H,4,6-7H2. The summed E-state index contributed by atoms with van der Waals surface area (Å²) in [7, 11) is 0. The Kier molecular flexibility index (Phi) is 2.36. The predicted molar refractivity (Wildman–Crippen MR) is 49.5 cm³/mol. The van der Waals surface area contributed by atoms with E-state index in [0.29, 0.717) is 5.69 Å². The van der Waals surface area contributed by atoms with Crippen molar-refractivity contribution in [2.24, 2.45) is 5.92 Å². The van der Waals surface area contributed by atoms with Crippen molar-refractivity contribution in [3.63, 3.8) is 0 Å². The zero-order chi connectivity index (χ0) is 9.10. The minimum absolute atomic E-state index is 0.134. The molecule has 1 aliphatic rings. The number of carbonyl (C=O) groups is 1. The van der Waals surface area contributed by atoms with E-state index in [2.05, 4.69) is 10.3 Å². The third kappa shape index (κ3) is 1.75. The molecule has 0 bridgehead atoms. The summed E-state index contributed by atoms with van der Waals surface area (Å²) in [5.41, 5.74) is 0.594. The Balaban J connectivity index is 2.13. The first-order chi connectivity index (χ1) is 6.38. The van der Waals surface area contributed by atoms with Gasteiger partial charge in [0, 0.05) is 18.7 Å². The molecular formula is C10H12N2O. The molecule has 1 aromatic heterocycles. The fraction of sp³-hybridized carbons (Fsp3) is 0.400. The largest absolute Gasteiger partial charge is 0.316 e. The molecule has 2 rings (SSSR count). The maximum absolute atomic E-state index is 11.7. The lowest BCUT2D eigenvalue weighted by Gasteiger charge is -2.05. The van der Waals surface area contributed by atoms with Gasteiger partial charge in [0.25, 0.3) is 0 Å². The van der Waals surface area contributed by atoms with Crippen LogP contribution in [0, 0.1) is 5.92 Å². The lowest BCUT2D eigenvalue weighted by Crippen LogP contribution is -2.18. The number of rotatable bonds is 2. The maximum atomic E-state index is 11.7. The number of aromatic nitrogens is 1. The van der Waals surface area contributed by atoms with Crippen molar-refractivity contribution in [1.29, 1.82) is 0 Å². The van der Waals surface area contributed by atoms with E-state index in [1.54, 1.807) is 12.3 Å². The number of hydrogen-bond donors (Lipinski definition) is 1. The zero-order valence-electron chi connectivity index (χ0n) is 7.36. The van der Waals surface area contributed by atoms with Crippen molar-refractivity contribution >= 4 is 5.78 Å². The van der Waals surface area contributed by atoms with E-state index in [1.807, 2.05) is 12.1 Å². The van der Waals surface area contributed by atoms with Crippen LogP contribution in [0.15, 0.2) is 24.4 Å². The third-order valence-electron chi connectivity index (χ3n) is 2.35. The molecule has 1 N–H and O–H groups in total. The molecule has 68 valence electrons. The first-order valence-electron chi connectivity index (χ1n) is 4.54. The van der Waals surface area contributed by atoms with Gasteiger partial charge in [-0.1, -0.05) is 6.07 Å². The lowest BCUT2D eigenvalue weighted by molar-refractivity contribution is 0.0925. The molecule has 0 amide bonds. The number of nitrogens with zero attached hydrogens (tertiary/aromatic N) is 1. The van der Waals surface area contributed by atoms with Gasteiger partial charge in [-0.2, -0.15) is 0 Å². The van der Waals surface area contributed by atoms with Crippen molar-refractivity contribution in [3.05, 3.63) is 30.1 Å². The molecule has 0 saturated carbocycles. The Morgan fingerprint density at radius 2 is 2.46 bits per heavy atom. The van der Waals surface area contributed by atoms with Crippen molar-refractivity contribution in [2.45, 2.75) is 6.42 Å². The van der Waals surface area contributed by atoms with E-state index in [-0.39, 0.29) is 11.7 Å². The van der Waals surface area contributed by atoms with Crippen molar-refractivity contribution in [1.82, 2.24) is 10.3 Å². The fourth-order valence-corrected chi connectivity index (χ4v) is 1.60. The molecule has 2 heterocycles. The first-order valence-corrected chi connectivity index (χ1v) is 4.54. The van der Waals surface area contributed by atoms with Gasteiger partial charge in [0.1, 0.15) is 5.69 Å². The number of carbonyl (C=O) groups excluding carboxylic acids is 1. The van der Waals surface area contributed by atoms with Crippen LogP contribution >= 0.6 is 0 Å². The summed E-state index contributed by atoms with van der Waals surface area (Å²) in [6.07, 6.45) is 2.60. The highest BCUT2D eigenvalue weighted by atomic mass is 16.1. The summed E-state index contributed by atoms with van der Waals surface area (Å²) in [5.74, 6) is 0.306. The van der Waals surface area contributed by atoms with Crippen LogP contribution in [0.2, 0.25) is 0 Å². The summed E-state index contributed by atoms with van der Waals surface area (Å²) < 4.78 is 0. The molecule has 0 radical (unpaired) electrons. The highest BCUT2D eigenvalue weighted by Crippen LogP contribution is 2.13. The average Bonchev–Trinajstić information content (AvgIpc) is 2.71. The Morgan fingerprint density at radius 1 is 1.54 bits per heavy atom. The summed E-state index contributed by atoms with van der Waals surface area (Å²) in [6, 6.07) is 5.45. The lowest BCUT2D eigenvalue weighted by atomic mass is 10.0. The Morgan fingerprint density at radius 3 is 3.08 bits per heavy atom. The molecule has 3 nitrogen and oxygen atoms in total. The van der Waals surface area contributed by atoms with Crippen LogP contribution < -0.4 is 5.32 Å². The highest BCUT2D eigenvalue weighted by Gasteiger charge is 2.23. The normalized spacial score (nSPS) is 21.7. The van der Waals surface area contributed by atoms with Gasteiger partial charge >= 0.3 is 0 Å². The van der Waals surface area contributed by atoms with E-state index in [4.69, 9.17) is 0 Å². The van der Waals surface area contributed by atoms with Gasteiger partial charge in [0.15, 0.2) is 5.78 Å². The van der Waals surface area contributed by atoms with Crippen LogP contribution in [0.4, 0.5) is 0 Å². The van der Waals surface area contributed by atoms with Gasteiger partial charge in [0.05, 0.1) is 0 Å². The quantitative estimate of drug-likeness (QED) is 0.680. The Labute approximate surface area is 77.2 Å². The van der Waals surface area contributed by atoms with Crippen LogP contribution in [0.1, 0.15) is 16.9 Å². The molecular weight excluding hydrogens is 164 g/mol. The number of hydrogen-bond acceptors (Lipinski definition) is 3. The monoisotopic (exact) mass is 176 g/mol. The highest BCUT2D eigenvalue weighted by molar-refractivity contribution is 5.96. The van der Waals surface area contributed by atoms with Crippen LogP contribution in [0.3, 0.4) is 0 Å². The van der Waals surface area contributed by atoms with Crippen LogP contribution in [-0.2, 0) is 0 Å².